The lowest BCUT2D eigenvalue weighted by molar-refractivity contribution is -0.142. The van der Waals surface area contributed by atoms with Gasteiger partial charge < -0.3 is 10.1 Å². The first-order valence-corrected chi connectivity index (χ1v) is 8.61. The number of aryl methyl sites for hydroxylation is 2. The number of nitrogens with one attached hydrogen (secondary N) is 1. The Labute approximate surface area is 149 Å². The molecule has 0 spiro atoms. The zero-order valence-electron chi connectivity index (χ0n) is 14.1. The van der Waals surface area contributed by atoms with E-state index in [2.05, 4.69) is 15.5 Å². The van der Waals surface area contributed by atoms with Gasteiger partial charge in [-0.05, 0) is 20.3 Å². The number of amides is 1. The van der Waals surface area contributed by atoms with Crippen LogP contribution in [-0.2, 0) is 14.3 Å². The SMILES string of the molecule is Cc1ccc(C(=O)COC(=O)CCCC(=O)Nc2nnc(C)s2)cc1. The highest BCUT2D eigenvalue weighted by atomic mass is 32.1. The van der Waals surface area contributed by atoms with Crippen LogP contribution >= 0.6 is 11.3 Å². The number of hydrogen-bond acceptors (Lipinski definition) is 7. The summed E-state index contributed by atoms with van der Waals surface area (Å²) in [5, 5.41) is 11.4. The van der Waals surface area contributed by atoms with Gasteiger partial charge in [0.05, 0.1) is 0 Å². The molecule has 1 N–H and O–H groups in total. The minimum Gasteiger partial charge on any atom is -0.457 e. The molecule has 0 bridgehead atoms. The Hall–Kier alpha value is -2.61. The van der Waals surface area contributed by atoms with Crippen molar-refractivity contribution in [3.63, 3.8) is 0 Å². The second kappa shape index (κ2) is 9.03. The second-order valence-electron chi connectivity index (χ2n) is 5.48. The number of hydrogen-bond donors (Lipinski definition) is 1. The van der Waals surface area contributed by atoms with E-state index in [0.717, 1.165) is 10.6 Å². The molecule has 0 unspecified atom stereocenters. The van der Waals surface area contributed by atoms with Gasteiger partial charge >= 0.3 is 5.97 Å². The molecule has 0 saturated heterocycles. The summed E-state index contributed by atoms with van der Waals surface area (Å²) in [4.78, 5) is 35.2. The number of anilines is 1. The van der Waals surface area contributed by atoms with Gasteiger partial charge in [0.15, 0.2) is 12.4 Å². The van der Waals surface area contributed by atoms with Crippen LogP contribution in [0.5, 0.6) is 0 Å². The van der Waals surface area contributed by atoms with Crippen molar-refractivity contribution in [2.75, 3.05) is 11.9 Å². The van der Waals surface area contributed by atoms with Crippen molar-refractivity contribution < 1.29 is 19.1 Å². The number of Topliss-reactive ketones (excluding diaryl/α,β-unsaturated/α-hetero) is 1. The van der Waals surface area contributed by atoms with Crippen LogP contribution in [0.1, 0.15) is 40.2 Å². The lowest BCUT2D eigenvalue weighted by Crippen LogP contribution is -2.15. The largest absolute Gasteiger partial charge is 0.457 e. The Bertz CT molecular complexity index is 756. The van der Waals surface area contributed by atoms with Gasteiger partial charge in [0.1, 0.15) is 5.01 Å². The molecule has 2 rings (SSSR count). The van der Waals surface area contributed by atoms with Crippen LogP contribution in [0, 0.1) is 13.8 Å². The lowest BCUT2D eigenvalue weighted by atomic mass is 10.1. The molecule has 0 aliphatic carbocycles. The predicted molar refractivity (Wildman–Crippen MR) is 93.6 cm³/mol. The maximum Gasteiger partial charge on any atom is 0.306 e. The smallest absolute Gasteiger partial charge is 0.306 e. The first-order chi connectivity index (χ1) is 11.9. The van der Waals surface area contributed by atoms with Gasteiger partial charge in [-0.3, -0.25) is 14.4 Å². The van der Waals surface area contributed by atoms with Crippen LogP contribution in [0.25, 0.3) is 0 Å². The zero-order valence-corrected chi connectivity index (χ0v) is 14.9. The molecule has 1 aromatic heterocycles. The van der Waals surface area contributed by atoms with E-state index in [9.17, 15) is 14.4 Å². The zero-order chi connectivity index (χ0) is 18.2. The number of carbonyl (C=O) groups is 3. The minimum absolute atomic E-state index is 0.0732. The summed E-state index contributed by atoms with van der Waals surface area (Å²) in [5.74, 6) is -0.988. The fourth-order valence-corrected chi connectivity index (χ4v) is 2.57. The molecule has 0 atom stereocenters. The summed E-state index contributed by atoms with van der Waals surface area (Å²) in [6, 6.07) is 7.05. The fraction of sp³-hybridized carbons (Fsp3) is 0.353. The van der Waals surface area contributed by atoms with Crippen molar-refractivity contribution in [1.82, 2.24) is 10.2 Å². The van der Waals surface area contributed by atoms with Crippen LogP contribution < -0.4 is 5.32 Å². The van der Waals surface area contributed by atoms with Crippen molar-refractivity contribution in [1.29, 1.82) is 0 Å². The Morgan fingerprint density at radius 2 is 1.80 bits per heavy atom. The van der Waals surface area contributed by atoms with Crippen molar-refractivity contribution in [3.8, 4) is 0 Å². The Morgan fingerprint density at radius 1 is 1.08 bits per heavy atom. The van der Waals surface area contributed by atoms with Gasteiger partial charge in [0.25, 0.3) is 0 Å². The van der Waals surface area contributed by atoms with Gasteiger partial charge in [0.2, 0.25) is 11.0 Å². The van der Waals surface area contributed by atoms with Gasteiger partial charge in [-0.2, -0.15) is 0 Å². The molecule has 0 aliphatic heterocycles. The lowest BCUT2D eigenvalue weighted by Gasteiger charge is -2.05. The number of ether oxygens (including phenoxy) is 1. The van der Waals surface area contributed by atoms with Gasteiger partial charge in [0, 0.05) is 18.4 Å². The van der Waals surface area contributed by atoms with E-state index in [1.165, 1.54) is 11.3 Å². The van der Waals surface area contributed by atoms with E-state index in [4.69, 9.17) is 4.74 Å². The summed E-state index contributed by atoms with van der Waals surface area (Å²) in [6.45, 7) is 3.43. The average Bonchev–Trinajstić information content (AvgIpc) is 2.98. The molecule has 2 aromatic rings. The van der Waals surface area contributed by atoms with E-state index in [0.29, 0.717) is 17.1 Å². The van der Waals surface area contributed by atoms with E-state index in [1.54, 1.807) is 19.1 Å². The molecular weight excluding hydrogens is 342 g/mol. The number of benzene rings is 1. The summed E-state index contributed by atoms with van der Waals surface area (Å²) < 4.78 is 4.95. The molecule has 0 fully saturated rings. The van der Waals surface area contributed by atoms with Crippen molar-refractivity contribution in [3.05, 3.63) is 40.4 Å². The Balaban J connectivity index is 1.64. The molecule has 25 heavy (non-hydrogen) atoms. The summed E-state index contributed by atoms with van der Waals surface area (Å²) >= 11 is 1.28. The summed E-state index contributed by atoms with van der Waals surface area (Å²) in [5.41, 5.74) is 1.56. The standard InChI is InChI=1S/C17H19N3O4S/c1-11-6-8-13(9-7-11)14(21)10-24-16(23)5-3-4-15(22)18-17-20-19-12(2)25-17/h6-9H,3-5,10H2,1-2H3,(H,18,20,22). The number of rotatable bonds is 8. The number of carbonyl (C=O) groups excluding carboxylic acids is 3. The van der Waals surface area contributed by atoms with Crippen LogP contribution in [0.4, 0.5) is 5.13 Å². The fourth-order valence-electron chi connectivity index (χ4n) is 1.96. The summed E-state index contributed by atoms with van der Waals surface area (Å²) in [6.07, 6.45) is 0.574. The van der Waals surface area contributed by atoms with E-state index in [-0.39, 0.29) is 31.1 Å². The van der Waals surface area contributed by atoms with E-state index in [1.807, 2.05) is 19.1 Å². The second-order valence-corrected chi connectivity index (χ2v) is 6.66. The molecule has 132 valence electrons. The molecule has 7 nitrogen and oxygen atoms in total. The monoisotopic (exact) mass is 361 g/mol. The third kappa shape index (κ3) is 6.42. The van der Waals surface area contributed by atoms with Gasteiger partial charge in [-0.25, -0.2) is 0 Å². The number of aromatic nitrogens is 2. The van der Waals surface area contributed by atoms with Crippen molar-refractivity contribution in [2.24, 2.45) is 0 Å². The third-order valence-electron chi connectivity index (χ3n) is 3.29. The van der Waals surface area contributed by atoms with Gasteiger partial charge in [-0.15, -0.1) is 10.2 Å². The maximum atomic E-state index is 11.9. The third-order valence-corrected chi connectivity index (χ3v) is 4.05. The first-order valence-electron chi connectivity index (χ1n) is 7.79. The van der Waals surface area contributed by atoms with Crippen LogP contribution in [0.15, 0.2) is 24.3 Å². The summed E-state index contributed by atoms with van der Waals surface area (Å²) in [7, 11) is 0. The average molecular weight is 361 g/mol. The number of ketones is 1. The van der Waals surface area contributed by atoms with Gasteiger partial charge in [-0.1, -0.05) is 41.2 Å². The van der Waals surface area contributed by atoms with Crippen LogP contribution in [0.3, 0.4) is 0 Å². The maximum absolute atomic E-state index is 11.9. The highest BCUT2D eigenvalue weighted by Crippen LogP contribution is 2.14. The number of nitrogens with zero attached hydrogens (tertiary/aromatic N) is 2. The molecule has 0 aliphatic rings. The van der Waals surface area contributed by atoms with E-state index < -0.39 is 5.97 Å². The minimum atomic E-state index is -0.500. The normalized spacial score (nSPS) is 10.3. The van der Waals surface area contributed by atoms with Crippen molar-refractivity contribution in [2.45, 2.75) is 33.1 Å². The molecular formula is C17H19N3O4S. The predicted octanol–water partition coefficient (Wildman–Crippen LogP) is 2.69. The quantitative estimate of drug-likeness (QED) is 0.573. The molecule has 0 radical (unpaired) electrons. The molecule has 1 amide bonds. The first kappa shape index (κ1) is 18.7. The molecule has 1 heterocycles. The molecule has 0 saturated carbocycles. The van der Waals surface area contributed by atoms with Crippen LogP contribution in [-0.4, -0.2) is 34.5 Å². The Kier molecular flexibility index (Phi) is 6.76. The molecule has 8 heteroatoms. The Morgan fingerprint density at radius 3 is 2.44 bits per heavy atom. The number of esters is 1. The van der Waals surface area contributed by atoms with E-state index >= 15 is 0 Å². The topological polar surface area (TPSA) is 98.2 Å². The van der Waals surface area contributed by atoms with Crippen molar-refractivity contribution >= 4 is 34.1 Å². The highest BCUT2D eigenvalue weighted by molar-refractivity contribution is 7.15. The highest BCUT2D eigenvalue weighted by Gasteiger charge is 2.11. The molecule has 1 aromatic carbocycles. The van der Waals surface area contributed by atoms with Crippen LogP contribution in [0.2, 0.25) is 0 Å².